The van der Waals surface area contributed by atoms with E-state index < -0.39 is 6.10 Å². The van der Waals surface area contributed by atoms with Crippen molar-refractivity contribution in [1.82, 2.24) is 0 Å². The van der Waals surface area contributed by atoms with Crippen LogP contribution in [0.2, 0.25) is 0 Å². The molecule has 0 aliphatic rings. The Kier molecular flexibility index (Phi) is 47.0. The molecular formula is C56H92O6. The third-order valence-electron chi connectivity index (χ3n) is 10.5. The molecule has 352 valence electrons. The van der Waals surface area contributed by atoms with Gasteiger partial charge in [0, 0.05) is 19.3 Å². The van der Waals surface area contributed by atoms with Crippen LogP contribution in [0.25, 0.3) is 0 Å². The molecule has 0 rings (SSSR count). The number of hydrogen-bond donors (Lipinski definition) is 0. The minimum absolute atomic E-state index is 0.0937. The summed E-state index contributed by atoms with van der Waals surface area (Å²) >= 11 is 0. The minimum Gasteiger partial charge on any atom is -0.462 e. The molecule has 0 spiro atoms. The van der Waals surface area contributed by atoms with Crippen LogP contribution in [0.1, 0.15) is 220 Å². The van der Waals surface area contributed by atoms with E-state index in [1.807, 2.05) is 72.9 Å². The number of carbonyl (C=O) groups is 3. The summed E-state index contributed by atoms with van der Waals surface area (Å²) in [7, 11) is 0. The van der Waals surface area contributed by atoms with E-state index in [4.69, 9.17) is 14.2 Å². The van der Waals surface area contributed by atoms with Gasteiger partial charge in [0.1, 0.15) is 13.2 Å². The van der Waals surface area contributed by atoms with Gasteiger partial charge in [-0.15, -0.1) is 0 Å². The van der Waals surface area contributed by atoms with Gasteiger partial charge in [-0.25, -0.2) is 0 Å². The lowest BCUT2D eigenvalue weighted by atomic mass is 10.1. The van der Waals surface area contributed by atoms with Gasteiger partial charge in [-0.05, 0) is 64.2 Å². The van der Waals surface area contributed by atoms with Gasteiger partial charge >= 0.3 is 17.9 Å². The highest BCUT2D eigenvalue weighted by molar-refractivity contribution is 5.71. The highest BCUT2D eigenvalue weighted by Gasteiger charge is 2.19. The topological polar surface area (TPSA) is 78.9 Å². The molecule has 0 aromatic rings. The van der Waals surface area contributed by atoms with Crippen LogP contribution in [-0.4, -0.2) is 37.2 Å². The smallest absolute Gasteiger partial charge is 0.306 e. The van der Waals surface area contributed by atoms with Gasteiger partial charge in [0.05, 0.1) is 0 Å². The maximum absolute atomic E-state index is 12.8. The van der Waals surface area contributed by atoms with Gasteiger partial charge in [-0.2, -0.15) is 0 Å². The number of esters is 3. The summed E-state index contributed by atoms with van der Waals surface area (Å²) in [4.78, 5) is 37.9. The fourth-order valence-electron chi connectivity index (χ4n) is 6.71. The van der Waals surface area contributed by atoms with E-state index in [2.05, 4.69) is 45.1 Å². The van der Waals surface area contributed by atoms with E-state index in [1.165, 1.54) is 109 Å². The van der Waals surface area contributed by atoms with E-state index in [-0.39, 0.29) is 31.1 Å². The van der Waals surface area contributed by atoms with E-state index >= 15 is 0 Å². The van der Waals surface area contributed by atoms with Gasteiger partial charge in [0.25, 0.3) is 0 Å². The Hall–Kier alpha value is -3.67. The molecular weight excluding hydrogens is 769 g/mol. The lowest BCUT2D eigenvalue weighted by molar-refractivity contribution is -0.167. The second-order valence-electron chi connectivity index (χ2n) is 16.5. The third-order valence-corrected chi connectivity index (χ3v) is 10.5. The molecule has 62 heavy (non-hydrogen) atoms. The first kappa shape index (κ1) is 58.3. The lowest BCUT2D eigenvalue weighted by Gasteiger charge is -2.18. The van der Waals surface area contributed by atoms with Crippen LogP contribution in [0.15, 0.2) is 97.2 Å². The summed E-state index contributed by atoms with van der Waals surface area (Å²) < 4.78 is 16.7. The van der Waals surface area contributed by atoms with Crippen LogP contribution < -0.4 is 0 Å². The van der Waals surface area contributed by atoms with Crippen molar-refractivity contribution in [2.24, 2.45) is 0 Å². The third kappa shape index (κ3) is 47.4. The number of allylic oxidation sites excluding steroid dienone is 16. The Balaban J connectivity index is 4.48. The molecule has 1 unspecified atom stereocenters. The Morgan fingerprint density at radius 3 is 1.06 bits per heavy atom. The van der Waals surface area contributed by atoms with Crippen molar-refractivity contribution in [2.75, 3.05) is 13.2 Å². The highest BCUT2D eigenvalue weighted by Crippen LogP contribution is 2.14. The van der Waals surface area contributed by atoms with Crippen molar-refractivity contribution in [3.05, 3.63) is 97.2 Å². The molecule has 0 aromatic carbocycles. The molecule has 1 atom stereocenters. The predicted octanol–water partition coefficient (Wildman–Crippen LogP) is 16.6. The molecule has 0 bridgehead atoms. The Bertz CT molecular complexity index is 1260. The van der Waals surface area contributed by atoms with Crippen molar-refractivity contribution >= 4 is 17.9 Å². The summed E-state index contributed by atoms with van der Waals surface area (Å²) in [5, 5.41) is 0. The first-order valence-corrected chi connectivity index (χ1v) is 25.3. The van der Waals surface area contributed by atoms with E-state index in [9.17, 15) is 14.4 Å². The van der Waals surface area contributed by atoms with Crippen LogP contribution in [-0.2, 0) is 28.6 Å². The normalized spacial score (nSPS) is 12.9. The lowest BCUT2D eigenvalue weighted by Crippen LogP contribution is -2.30. The van der Waals surface area contributed by atoms with E-state index in [1.54, 1.807) is 0 Å². The molecule has 0 heterocycles. The number of unbranched alkanes of at least 4 members (excludes halogenated alkanes) is 23. The summed E-state index contributed by atoms with van der Waals surface area (Å²) in [5.41, 5.74) is 0. The van der Waals surface area contributed by atoms with Gasteiger partial charge < -0.3 is 14.2 Å². The summed E-state index contributed by atoms with van der Waals surface area (Å²) in [6.45, 7) is 6.41. The van der Waals surface area contributed by atoms with Gasteiger partial charge in [-0.3, -0.25) is 14.4 Å². The maximum atomic E-state index is 12.8. The molecule has 0 aliphatic heterocycles. The largest absolute Gasteiger partial charge is 0.462 e. The average Bonchev–Trinajstić information content (AvgIpc) is 3.27. The molecule has 0 saturated heterocycles. The number of rotatable bonds is 44. The van der Waals surface area contributed by atoms with E-state index in [0.717, 1.165) is 70.6 Å². The van der Waals surface area contributed by atoms with E-state index in [0.29, 0.717) is 19.3 Å². The number of carbonyl (C=O) groups excluding carboxylic acids is 3. The number of ether oxygens (including phenoxy) is 3. The zero-order valence-corrected chi connectivity index (χ0v) is 40.1. The highest BCUT2D eigenvalue weighted by atomic mass is 16.6. The van der Waals surface area contributed by atoms with Crippen molar-refractivity contribution in [2.45, 2.75) is 226 Å². The molecule has 0 aliphatic carbocycles. The predicted molar refractivity (Wildman–Crippen MR) is 265 cm³/mol. The second-order valence-corrected chi connectivity index (χ2v) is 16.5. The van der Waals surface area contributed by atoms with Crippen LogP contribution in [0.5, 0.6) is 0 Å². The monoisotopic (exact) mass is 861 g/mol. The summed E-state index contributed by atoms with van der Waals surface area (Å²) in [6.07, 6.45) is 65.2. The Morgan fingerprint density at radius 1 is 0.339 bits per heavy atom. The second kappa shape index (κ2) is 50.0. The maximum Gasteiger partial charge on any atom is 0.306 e. The minimum atomic E-state index is -0.796. The number of hydrogen-bond acceptors (Lipinski definition) is 6. The molecule has 0 fully saturated rings. The first-order valence-electron chi connectivity index (χ1n) is 25.3. The zero-order chi connectivity index (χ0) is 45.1. The molecule has 0 N–H and O–H groups in total. The standard InChI is InChI=1S/C56H92O6/c1-4-7-10-13-16-19-22-24-26-27-28-29-31-32-34-37-40-43-46-49-55(58)61-52-53(51-60-54(57)48-45-42-39-36-21-18-15-12-9-6-3)62-56(59)50-47-44-41-38-35-33-30-25-23-20-17-14-11-8-5-2/h7,10,13,16,19-20,22-24,26-29,31-32,34,53H,4-6,8-9,11-12,14-15,17-18,21,25,30,33,35-52H2,1-3H3/b10-7-,16-13-,22-19-,23-20-,26-24-,28-27+,31-29-,34-32-. The van der Waals surface area contributed by atoms with Crippen LogP contribution in [0.3, 0.4) is 0 Å². The van der Waals surface area contributed by atoms with Crippen LogP contribution >= 0.6 is 0 Å². The quantitative estimate of drug-likeness (QED) is 0.0200. The molecule has 0 saturated carbocycles. The Morgan fingerprint density at radius 2 is 0.645 bits per heavy atom. The van der Waals surface area contributed by atoms with Crippen LogP contribution in [0, 0.1) is 0 Å². The SMILES string of the molecule is CC\C=C/C=C\C=C/C=C\C=C\C=C/C=C\CCCCCC(=O)OCC(COC(=O)CCCCCCCCCCCC)OC(=O)CCCCCCCCC/C=C\CCCCCC. The van der Waals surface area contributed by atoms with Gasteiger partial charge in [0.15, 0.2) is 6.10 Å². The molecule has 0 aromatic heterocycles. The summed E-state index contributed by atoms with van der Waals surface area (Å²) in [5.74, 6) is -0.949. The molecule has 0 radical (unpaired) electrons. The van der Waals surface area contributed by atoms with Gasteiger partial charge in [-0.1, -0.05) is 234 Å². The van der Waals surface area contributed by atoms with Gasteiger partial charge in [0.2, 0.25) is 0 Å². The fourth-order valence-corrected chi connectivity index (χ4v) is 6.71. The molecule has 6 nitrogen and oxygen atoms in total. The zero-order valence-electron chi connectivity index (χ0n) is 40.1. The van der Waals surface area contributed by atoms with Crippen molar-refractivity contribution in [3.63, 3.8) is 0 Å². The van der Waals surface area contributed by atoms with Crippen molar-refractivity contribution in [3.8, 4) is 0 Å². The van der Waals surface area contributed by atoms with Crippen LogP contribution in [0.4, 0.5) is 0 Å². The van der Waals surface area contributed by atoms with Crippen molar-refractivity contribution in [1.29, 1.82) is 0 Å². The fraction of sp³-hybridized carbons (Fsp3) is 0.661. The first-order chi connectivity index (χ1) is 30.5. The molecule has 6 heteroatoms. The van der Waals surface area contributed by atoms with Crippen molar-refractivity contribution < 1.29 is 28.6 Å². The Labute approximate surface area is 381 Å². The molecule has 0 amide bonds. The average molecular weight is 861 g/mol. The summed E-state index contributed by atoms with van der Waals surface area (Å²) in [6, 6.07) is 0.